The Morgan fingerprint density at radius 2 is 1.85 bits per heavy atom. The fourth-order valence-corrected chi connectivity index (χ4v) is 4.83. The molecule has 34 heavy (non-hydrogen) atoms. The Bertz CT molecular complexity index is 1510. The average Bonchev–Trinajstić information content (AvgIpc) is 3.46. The molecular weight excluding hydrogens is 441 g/mol. The number of carboxylic acid groups (broad SMARTS) is 1. The van der Waals surface area contributed by atoms with Gasteiger partial charge in [-0.3, -0.25) is 4.79 Å². The van der Waals surface area contributed by atoms with E-state index < -0.39 is 23.5 Å². The Morgan fingerprint density at radius 3 is 2.56 bits per heavy atom. The van der Waals surface area contributed by atoms with Gasteiger partial charge in [-0.25, -0.2) is 14.0 Å². The van der Waals surface area contributed by atoms with E-state index in [1.54, 1.807) is 32.2 Å². The molecule has 1 N–H and O–H groups in total. The van der Waals surface area contributed by atoms with Crippen molar-refractivity contribution in [1.29, 1.82) is 0 Å². The van der Waals surface area contributed by atoms with Crippen LogP contribution in [0.2, 0.25) is 0 Å². The van der Waals surface area contributed by atoms with Gasteiger partial charge < -0.3 is 18.8 Å². The second kappa shape index (κ2) is 8.13. The van der Waals surface area contributed by atoms with E-state index >= 15 is 0 Å². The zero-order valence-corrected chi connectivity index (χ0v) is 18.7. The number of hydrogen-bond donors (Lipinski definition) is 1. The van der Waals surface area contributed by atoms with E-state index in [1.165, 1.54) is 17.0 Å². The lowest BCUT2D eigenvalue weighted by Gasteiger charge is -2.21. The van der Waals surface area contributed by atoms with Gasteiger partial charge in [-0.05, 0) is 56.0 Å². The zero-order chi connectivity index (χ0) is 24.1. The molecule has 8 heteroatoms. The van der Waals surface area contributed by atoms with Gasteiger partial charge >= 0.3 is 11.6 Å². The lowest BCUT2D eigenvalue weighted by Crippen LogP contribution is -2.41. The normalized spacial score (nSPS) is 16.0. The maximum absolute atomic E-state index is 13.4. The van der Waals surface area contributed by atoms with Crippen LogP contribution in [0.25, 0.3) is 33.1 Å². The number of carbonyl (C=O) groups excluding carboxylic acids is 1. The van der Waals surface area contributed by atoms with E-state index in [-0.39, 0.29) is 17.8 Å². The summed E-state index contributed by atoms with van der Waals surface area (Å²) in [4.78, 5) is 38.6. The molecule has 1 aliphatic heterocycles. The van der Waals surface area contributed by atoms with Gasteiger partial charge in [0.05, 0.1) is 18.2 Å². The van der Waals surface area contributed by atoms with E-state index in [9.17, 15) is 23.9 Å². The van der Waals surface area contributed by atoms with Crippen molar-refractivity contribution in [3.05, 3.63) is 69.5 Å². The topological polar surface area (TPSA) is 101 Å². The van der Waals surface area contributed by atoms with E-state index in [4.69, 9.17) is 8.83 Å². The molecule has 5 rings (SSSR count). The summed E-state index contributed by atoms with van der Waals surface area (Å²) in [6.45, 7) is 3.89. The summed E-state index contributed by atoms with van der Waals surface area (Å²) in [6, 6.07) is 7.05. The third-order valence-corrected chi connectivity index (χ3v) is 6.68. The summed E-state index contributed by atoms with van der Waals surface area (Å²) in [5, 5.41) is 10.8. The Balaban J connectivity index is 1.62. The van der Waals surface area contributed by atoms with Crippen LogP contribution >= 0.6 is 0 Å². The van der Waals surface area contributed by atoms with E-state index in [0.29, 0.717) is 47.1 Å². The number of halogens is 1. The van der Waals surface area contributed by atoms with Crippen molar-refractivity contribution < 1.29 is 27.9 Å². The number of nitrogens with zero attached hydrogens (tertiary/aromatic N) is 1. The monoisotopic (exact) mass is 463 g/mol. The van der Waals surface area contributed by atoms with Crippen molar-refractivity contribution in [2.24, 2.45) is 0 Å². The van der Waals surface area contributed by atoms with Crippen molar-refractivity contribution in [3.8, 4) is 11.1 Å². The van der Waals surface area contributed by atoms with Crippen molar-refractivity contribution in [2.45, 2.75) is 39.2 Å². The number of aliphatic carboxylic acids is 1. The van der Waals surface area contributed by atoms with E-state index in [1.807, 2.05) is 6.07 Å². The molecule has 4 aromatic rings. The van der Waals surface area contributed by atoms with Gasteiger partial charge in [-0.1, -0.05) is 12.1 Å². The van der Waals surface area contributed by atoms with Gasteiger partial charge in [0, 0.05) is 28.4 Å². The van der Waals surface area contributed by atoms with Crippen LogP contribution in [0.15, 0.2) is 50.2 Å². The highest BCUT2D eigenvalue weighted by Gasteiger charge is 2.34. The summed E-state index contributed by atoms with van der Waals surface area (Å²) in [5.74, 6) is -1.79. The fraction of sp³-hybridized carbons (Fsp3) is 0.269. The molecule has 0 aliphatic carbocycles. The third kappa shape index (κ3) is 3.46. The number of rotatable bonds is 4. The van der Waals surface area contributed by atoms with Crippen LogP contribution in [-0.4, -0.2) is 34.5 Å². The Hall–Kier alpha value is -3.94. The smallest absolute Gasteiger partial charge is 0.340 e. The van der Waals surface area contributed by atoms with Gasteiger partial charge in [-0.15, -0.1) is 0 Å². The number of benzene rings is 2. The molecule has 0 radical (unpaired) electrons. The van der Waals surface area contributed by atoms with Crippen LogP contribution in [0.4, 0.5) is 4.39 Å². The van der Waals surface area contributed by atoms with Crippen molar-refractivity contribution in [3.63, 3.8) is 0 Å². The third-order valence-electron chi connectivity index (χ3n) is 6.68. The number of amides is 1. The maximum atomic E-state index is 13.4. The quantitative estimate of drug-likeness (QED) is 0.445. The number of hydrogen-bond acceptors (Lipinski definition) is 5. The molecule has 1 atom stereocenters. The first kappa shape index (κ1) is 21.9. The van der Waals surface area contributed by atoms with Crippen LogP contribution < -0.4 is 5.63 Å². The molecule has 3 heterocycles. The minimum atomic E-state index is -1.04. The summed E-state index contributed by atoms with van der Waals surface area (Å²) >= 11 is 0. The molecule has 1 amide bonds. The summed E-state index contributed by atoms with van der Waals surface area (Å²) in [7, 11) is 0. The zero-order valence-electron chi connectivity index (χ0n) is 18.7. The minimum absolute atomic E-state index is 0.208. The standard InChI is InChI=1S/C26H22FNO6/c1-13-17-10-19-20(15-5-7-16(27)8-6-15)12-33-23(19)14(2)24(17)34-26(32)18(13)11-22(29)28-9-3-4-21(28)25(30)31/h5-8,10,12,21H,3-4,9,11H2,1-2H3,(H,30,31)/t21-/m0/s1. The lowest BCUT2D eigenvalue weighted by atomic mass is 9.97. The highest BCUT2D eigenvalue weighted by Crippen LogP contribution is 2.37. The van der Waals surface area contributed by atoms with Crippen molar-refractivity contribution in [2.75, 3.05) is 6.54 Å². The second-order valence-corrected chi connectivity index (χ2v) is 8.66. The first-order valence-electron chi connectivity index (χ1n) is 11.0. The van der Waals surface area contributed by atoms with Crippen LogP contribution in [0.5, 0.6) is 0 Å². The number of carboxylic acids is 1. The molecule has 0 bridgehead atoms. The van der Waals surface area contributed by atoms with Crippen LogP contribution in [0.1, 0.15) is 29.5 Å². The first-order valence-corrected chi connectivity index (χ1v) is 11.0. The van der Waals surface area contributed by atoms with Gasteiger partial charge in [0.2, 0.25) is 5.91 Å². The Kier molecular flexibility index (Phi) is 5.23. The van der Waals surface area contributed by atoms with Gasteiger partial charge in [-0.2, -0.15) is 0 Å². The SMILES string of the molecule is Cc1c(CC(=O)N2CCC[C@H]2C(=O)O)c(=O)oc2c(C)c3occ(-c4ccc(F)cc4)c3cc12. The second-order valence-electron chi connectivity index (χ2n) is 8.66. The van der Waals surface area contributed by atoms with Gasteiger partial charge in [0.25, 0.3) is 0 Å². The lowest BCUT2D eigenvalue weighted by molar-refractivity contribution is -0.148. The summed E-state index contributed by atoms with van der Waals surface area (Å²) in [5.41, 5.74) is 3.29. The number of furan rings is 1. The first-order chi connectivity index (χ1) is 16.3. The molecule has 0 spiro atoms. The number of aryl methyl sites for hydroxylation is 2. The van der Waals surface area contributed by atoms with Gasteiger partial charge in [0.15, 0.2) is 0 Å². The molecule has 2 aromatic carbocycles. The molecular formula is C26H22FNO6. The summed E-state index contributed by atoms with van der Waals surface area (Å²) in [6.07, 6.45) is 2.36. The predicted octanol–water partition coefficient (Wildman–Crippen LogP) is 4.58. The molecule has 174 valence electrons. The largest absolute Gasteiger partial charge is 0.480 e. The van der Waals surface area contributed by atoms with Crippen molar-refractivity contribution in [1.82, 2.24) is 4.90 Å². The van der Waals surface area contributed by atoms with Crippen LogP contribution in [0.3, 0.4) is 0 Å². The molecule has 1 aliphatic rings. The minimum Gasteiger partial charge on any atom is -0.480 e. The average molecular weight is 463 g/mol. The highest BCUT2D eigenvalue weighted by atomic mass is 19.1. The van der Waals surface area contributed by atoms with Crippen LogP contribution in [0, 0.1) is 19.7 Å². The van der Waals surface area contributed by atoms with Gasteiger partial charge in [0.1, 0.15) is 23.0 Å². The van der Waals surface area contributed by atoms with E-state index in [2.05, 4.69) is 0 Å². The fourth-order valence-electron chi connectivity index (χ4n) is 4.83. The molecule has 1 fully saturated rings. The number of carbonyl (C=O) groups is 2. The predicted molar refractivity (Wildman–Crippen MR) is 123 cm³/mol. The molecule has 1 saturated heterocycles. The molecule has 0 unspecified atom stereocenters. The number of likely N-dealkylation sites (tertiary alicyclic amines) is 1. The molecule has 0 saturated carbocycles. The summed E-state index contributed by atoms with van der Waals surface area (Å²) < 4.78 is 24.8. The molecule has 7 nitrogen and oxygen atoms in total. The Morgan fingerprint density at radius 1 is 1.12 bits per heavy atom. The van der Waals surface area contributed by atoms with Crippen LogP contribution in [-0.2, 0) is 16.0 Å². The molecule has 2 aromatic heterocycles. The number of fused-ring (bicyclic) bond motifs is 2. The van der Waals surface area contributed by atoms with Crippen molar-refractivity contribution >= 4 is 33.8 Å². The van der Waals surface area contributed by atoms with E-state index in [0.717, 1.165) is 16.5 Å². The highest BCUT2D eigenvalue weighted by molar-refractivity contribution is 6.05. The Labute approximate surface area is 193 Å². The maximum Gasteiger partial charge on any atom is 0.340 e.